The summed E-state index contributed by atoms with van der Waals surface area (Å²) < 4.78 is 5.61. The molecule has 6 nitrogen and oxygen atoms in total. The first-order valence-corrected chi connectivity index (χ1v) is 7.03. The van der Waals surface area contributed by atoms with Crippen molar-refractivity contribution in [1.82, 2.24) is 15.2 Å². The second-order valence-corrected chi connectivity index (χ2v) is 5.28. The van der Waals surface area contributed by atoms with Crippen LogP contribution in [0.5, 0.6) is 5.75 Å². The Morgan fingerprint density at radius 3 is 2.38 bits per heavy atom. The van der Waals surface area contributed by atoms with Gasteiger partial charge in [-0.2, -0.15) is 10.1 Å². The van der Waals surface area contributed by atoms with E-state index < -0.39 is 0 Å². The molecule has 0 radical (unpaired) electrons. The van der Waals surface area contributed by atoms with Gasteiger partial charge in [-0.25, -0.2) is 0 Å². The number of nitrogens with zero attached hydrogens (tertiary/aromatic N) is 3. The van der Waals surface area contributed by atoms with E-state index in [0.717, 1.165) is 11.4 Å². The first-order valence-electron chi connectivity index (χ1n) is 7.03. The van der Waals surface area contributed by atoms with Crippen LogP contribution in [-0.4, -0.2) is 27.3 Å². The molecular weight excluding hydrogens is 266 g/mol. The van der Waals surface area contributed by atoms with Crippen molar-refractivity contribution in [3.63, 3.8) is 0 Å². The van der Waals surface area contributed by atoms with Gasteiger partial charge in [0.15, 0.2) is 5.82 Å². The minimum atomic E-state index is 0.166. The summed E-state index contributed by atoms with van der Waals surface area (Å²) in [6.45, 7) is 8.05. The molecule has 0 saturated carbocycles. The number of rotatable bonds is 6. The summed E-state index contributed by atoms with van der Waals surface area (Å²) >= 11 is 0. The molecule has 2 N–H and O–H groups in total. The van der Waals surface area contributed by atoms with Gasteiger partial charge >= 0.3 is 0 Å². The van der Waals surface area contributed by atoms with E-state index >= 15 is 0 Å². The van der Waals surface area contributed by atoms with Gasteiger partial charge in [-0.05, 0) is 52.0 Å². The third-order valence-corrected chi connectivity index (χ3v) is 2.48. The Morgan fingerprint density at radius 1 is 1.05 bits per heavy atom. The van der Waals surface area contributed by atoms with E-state index in [9.17, 15) is 0 Å². The molecule has 0 fully saturated rings. The molecule has 0 aliphatic rings. The van der Waals surface area contributed by atoms with Crippen LogP contribution in [-0.2, 0) is 0 Å². The molecule has 0 saturated heterocycles. The molecule has 0 spiro atoms. The van der Waals surface area contributed by atoms with E-state index in [4.69, 9.17) is 4.74 Å². The minimum Gasteiger partial charge on any atom is -0.491 e. The number of benzene rings is 1. The van der Waals surface area contributed by atoms with E-state index in [1.807, 2.05) is 52.0 Å². The van der Waals surface area contributed by atoms with Crippen molar-refractivity contribution in [2.45, 2.75) is 39.8 Å². The monoisotopic (exact) mass is 287 g/mol. The van der Waals surface area contributed by atoms with E-state index in [2.05, 4.69) is 25.8 Å². The lowest BCUT2D eigenvalue weighted by Crippen LogP contribution is -2.13. The summed E-state index contributed by atoms with van der Waals surface area (Å²) in [7, 11) is 0. The number of hydrogen-bond donors (Lipinski definition) is 2. The fourth-order valence-corrected chi connectivity index (χ4v) is 1.72. The summed E-state index contributed by atoms with van der Waals surface area (Å²) in [6.07, 6.45) is 1.75. The van der Waals surface area contributed by atoms with Gasteiger partial charge in [0.25, 0.3) is 0 Å². The standard InChI is InChI=1S/C15H21N5O/c1-10(2)17-15-19-14(9-16-20-15)18-12-5-7-13(8-6-12)21-11(3)4/h5-11H,1-4H3,(H2,17,18,19,20). The maximum Gasteiger partial charge on any atom is 0.244 e. The summed E-state index contributed by atoms with van der Waals surface area (Å²) in [5.74, 6) is 2.00. The molecule has 0 aliphatic heterocycles. The van der Waals surface area contributed by atoms with Crippen LogP contribution < -0.4 is 15.4 Å². The van der Waals surface area contributed by atoms with Gasteiger partial charge in [0.2, 0.25) is 5.95 Å². The molecule has 2 rings (SSSR count). The van der Waals surface area contributed by atoms with Gasteiger partial charge in [0.1, 0.15) is 5.75 Å². The highest BCUT2D eigenvalue weighted by atomic mass is 16.5. The smallest absolute Gasteiger partial charge is 0.244 e. The molecule has 1 aromatic heterocycles. The lowest BCUT2D eigenvalue weighted by atomic mass is 10.3. The van der Waals surface area contributed by atoms with Gasteiger partial charge in [-0.15, -0.1) is 5.10 Å². The Hall–Kier alpha value is -2.37. The fraction of sp³-hybridized carbons (Fsp3) is 0.400. The minimum absolute atomic E-state index is 0.166. The zero-order chi connectivity index (χ0) is 15.2. The molecular formula is C15H21N5O. The number of hydrogen-bond acceptors (Lipinski definition) is 6. The average molecular weight is 287 g/mol. The molecule has 2 aromatic rings. The van der Waals surface area contributed by atoms with Crippen molar-refractivity contribution in [3.8, 4) is 5.75 Å². The number of aromatic nitrogens is 3. The summed E-state index contributed by atoms with van der Waals surface area (Å²) in [5.41, 5.74) is 0.919. The van der Waals surface area contributed by atoms with Crippen LogP contribution >= 0.6 is 0 Å². The molecule has 1 heterocycles. The summed E-state index contributed by atoms with van der Waals surface area (Å²) in [6, 6.07) is 7.98. The maximum absolute atomic E-state index is 5.61. The Morgan fingerprint density at radius 2 is 1.76 bits per heavy atom. The zero-order valence-corrected chi connectivity index (χ0v) is 12.8. The number of nitrogens with one attached hydrogen (secondary N) is 2. The summed E-state index contributed by atoms with van der Waals surface area (Å²) in [5, 5.41) is 14.2. The van der Waals surface area contributed by atoms with Crippen LogP contribution in [0.2, 0.25) is 0 Å². The van der Waals surface area contributed by atoms with Crippen LogP contribution in [0, 0.1) is 0 Å². The van der Waals surface area contributed by atoms with Crippen molar-refractivity contribution in [2.24, 2.45) is 0 Å². The predicted molar refractivity (Wildman–Crippen MR) is 84.1 cm³/mol. The molecule has 0 bridgehead atoms. The number of ether oxygens (including phenoxy) is 1. The first-order chi connectivity index (χ1) is 10.0. The quantitative estimate of drug-likeness (QED) is 0.850. The van der Waals surface area contributed by atoms with Crippen molar-refractivity contribution in [1.29, 1.82) is 0 Å². The maximum atomic E-state index is 5.61. The second kappa shape index (κ2) is 6.88. The molecule has 21 heavy (non-hydrogen) atoms. The fourth-order valence-electron chi connectivity index (χ4n) is 1.72. The Balaban J connectivity index is 2.04. The van der Waals surface area contributed by atoms with Crippen molar-refractivity contribution in [2.75, 3.05) is 10.6 Å². The highest BCUT2D eigenvalue weighted by molar-refractivity contribution is 5.57. The normalized spacial score (nSPS) is 10.8. The van der Waals surface area contributed by atoms with E-state index in [-0.39, 0.29) is 12.1 Å². The van der Waals surface area contributed by atoms with Gasteiger partial charge in [-0.3, -0.25) is 0 Å². The predicted octanol–water partition coefficient (Wildman–Crippen LogP) is 3.22. The van der Waals surface area contributed by atoms with Gasteiger partial charge < -0.3 is 15.4 Å². The van der Waals surface area contributed by atoms with Crippen LogP contribution in [0.1, 0.15) is 27.7 Å². The highest BCUT2D eigenvalue weighted by Gasteiger charge is 2.03. The lowest BCUT2D eigenvalue weighted by molar-refractivity contribution is 0.242. The van der Waals surface area contributed by atoms with Crippen LogP contribution in [0.4, 0.5) is 17.5 Å². The Kier molecular flexibility index (Phi) is 4.92. The molecule has 0 atom stereocenters. The molecule has 0 unspecified atom stereocenters. The average Bonchev–Trinajstić information content (AvgIpc) is 2.40. The number of anilines is 3. The van der Waals surface area contributed by atoms with Gasteiger partial charge in [0, 0.05) is 11.7 Å². The summed E-state index contributed by atoms with van der Waals surface area (Å²) in [4.78, 5) is 4.35. The van der Waals surface area contributed by atoms with E-state index in [1.54, 1.807) is 6.20 Å². The largest absolute Gasteiger partial charge is 0.491 e. The lowest BCUT2D eigenvalue weighted by Gasteiger charge is -2.11. The first kappa shape index (κ1) is 15.0. The molecule has 0 amide bonds. The van der Waals surface area contributed by atoms with Crippen molar-refractivity contribution >= 4 is 17.5 Å². The molecule has 112 valence electrons. The van der Waals surface area contributed by atoms with E-state index in [1.165, 1.54) is 0 Å². The molecule has 6 heteroatoms. The Bertz CT molecular complexity index is 569. The third kappa shape index (κ3) is 4.91. The van der Waals surface area contributed by atoms with Crippen molar-refractivity contribution in [3.05, 3.63) is 30.5 Å². The van der Waals surface area contributed by atoms with Crippen LogP contribution in [0.25, 0.3) is 0 Å². The van der Waals surface area contributed by atoms with Crippen LogP contribution in [0.3, 0.4) is 0 Å². The van der Waals surface area contributed by atoms with Crippen LogP contribution in [0.15, 0.2) is 30.5 Å². The zero-order valence-electron chi connectivity index (χ0n) is 12.8. The van der Waals surface area contributed by atoms with Gasteiger partial charge in [-0.1, -0.05) is 0 Å². The van der Waals surface area contributed by atoms with Gasteiger partial charge in [0.05, 0.1) is 12.3 Å². The SMILES string of the molecule is CC(C)Nc1nncc(Nc2ccc(OC(C)C)cc2)n1. The highest BCUT2D eigenvalue weighted by Crippen LogP contribution is 2.19. The second-order valence-electron chi connectivity index (χ2n) is 5.28. The van der Waals surface area contributed by atoms with E-state index in [0.29, 0.717) is 11.8 Å². The third-order valence-electron chi connectivity index (χ3n) is 2.48. The van der Waals surface area contributed by atoms with Crippen molar-refractivity contribution < 1.29 is 4.74 Å². The topological polar surface area (TPSA) is 72.0 Å². The molecule has 1 aromatic carbocycles. The Labute approximate surface area is 125 Å². The molecule has 0 aliphatic carbocycles.